The van der Waals surface area contributed by atoms with E-state index in [4.69, 9.17) is 11.6 Å². The molecular weight excluding hydrogens is 248 g/mol. The Morgan fingerprint density at radius 3 is 2.94 bits per heavy atom. The first-order valence-electron chi connectivity index (χ1n) is 6.59. The lowest BCUT2D eigenvalue weighted by molar-refractivity contribution is 0.0747. The largest absolute Gasteiger partial charge is 0.336 e. The second kappa shape index (κ2) is 5.70. The molecule has 0 aliphatic carbocycles. The smallest absolute Gasteiger partial charge is 0.254 e. The van der Waals surface area contributed by atoms with Gasteiger partial charge in [-0.3, -0.25) is 4.79 Å². The van der Waals surface area contributed by atoms with Gasteiger partial charge in [0.05, 0.1) is 0 Å². The van der Waals surface area contributed by atoms with Crippen LogP contribution in [0.5, 0.6) is 0 Å². The van der Waals surface area contributed by atoms with Gasteiger partial charge in [-0.25, -0.2) is 4.98 Å². The second-order valence-electron chi connectivity index (χ2n) is 4.91. The number of carbonyl (C=O) groups excluding carboxylic acids is 1. The molecule has 98 valence electrons. The number of carbonyl (C=O) groups is 1. The molecule has 1 aliphatic rings. The molecule has 1 fully saturated rings. The number of nitrogens with zero attached hydrogens (tertiary/aromatic N) is 2. The quantitative estimate of drug-likeness (QED) is 0.787. The molecule has 0 spiro atoms. The van der Waals surface area contributed by atoms with Crippen LogP contribution in [0.25, 0.3) is 0 Å². The first-order valence-corrected chi connectivity index (χ1v) is 6.97. The van der Waals surface area contributed by atoms with Crippen LogP contribution in [0.3, 0.4) is 0 Å². The minimum atomic E-state index is 0.0849. The molecule has 1 aromatic rings. The Balaban J connectivity index is 2.24. The van der Waals surface area contributed by atoms with Crippen LogP contribution < -0.4 is 0 Å². The average Bonchev–Trinajstić information content (AvgIpc) is 2.74. The molecule has 0 radical (unpaired) electrons. The fourth-order valence-corrected chi connectivity index (χ4v) is 2.69. The van der Waals surface area contributed by atoms with E-state index in [0.29, 0.717) is 16.8 Å². The number of amides is 1. The van der Waals surface area contributed by atoms with Crippen molar-refractivity contribution in [1.29, 1.82) is 0 Å². The Labute approximate surface area is 113 Å². The molecule has 2 heterocycles. The lowest BCUT2D eigenvalue weighted by atomic mass is 10.1. The van der Waals surface area contributed by atoms with Gasteiger partial charge in [0.2, 0.25) is 0 Å². The van der Waals surface area contributed by atoms with Crippen LogP contribution in [0.1, 0.15) is 49.2 Å². The Hall–Kier alpha value is -1.09. The van der Waals surface area contributed by atoms with Gasteiger partial charge in [0.1, 0.15) is 5.15 Å². The van der Waals surface area contributed by atoms with Crippen LogP contribution in [0.2, 0.25) is 5.15 Å². The molecule has 1 atom stereocenters. The van der Waals surface area contributed by atoms with Crippen molar-refractivity contribution >= 4 is 17.5 Å². The molecule has 3 nitrogen and oxygen atoms in total. The van der Waals surface area contributed by atoms with Gasteiger partial charge in [-0.15, -0.1) is 0 Å². The van der Waals surface area contributed by atoms with Crippen LogP contribution in [-0.2, 0) is 6.42 Å². The second-order valence-corrected chi connectivity index (χ2v) is 5.30. The van der Waals surface area contributed by atoms with Crippen molar-refractivity contribution in [1.82, 2.24) is 9.88 Å². The summed E-state index contributed by atoms with van der Waals surface area (Å²) >= 11 is 5.99. The van der Waals surface area contributed by atoms with Gasteiger partial charge in [-0.2, -0.15) is 0 Å². The average molecular weight is 267 g/mol. The van der Waals surface area contributed by atoms with Gasteiger partial charge < -0.3 is 4.90 Å². The van der Waals surface area contributed by atoms with E-state index in [1.807, 2.05) is 11.0 Å². The van der Waals surface area contributed by atoms with Crippen molar-refractivity contribution in [3.05, 3.63) is 28.5 Å². The maximum atomic E-state index is 12.4. The highest BCUT2D eigenvalue weighted by Gasteiger charge is 2.26. The SMILES string of the molecule is CCCc1cc(C(=O)N2CCCC2C)cc(Cl)n1. The summed E-state index contributed by atoms with van der Waals surface area (Å²) in [4.78, 5) is 18.6. The summed E-state index contributed by atoms with van der Waals surface area (Å²) in [5, 5.41) is 0.413. The third-order valence-corrected chi connectivity index (χ3v) is 3.61. The third kappa shape index (κ3) is 2.83. The summed E-state index contributed by atoms with van der Waals surface area (Å²) in [7, 11) is 0. The van der Waals surface area contributed by atoms with Crippen LogP contribution in [0.15, 0.2) is 12.1 Å². The highest BCUT2D eigenvalue weighted by atomic mass is 35.5. The van der Waals surface area contributed by atoms with Gasteiger partial charge in [0.15, 0.2) is 0 Å². The van der Waals surface area contributed by atoms with Gasteiger partial charge >= 0.3 is 0 Å². The fraction of sp³-hybridized carbons (Fsp3) is 0.571. The maximum absolute atomic E-state index is 12.4. The van der Waals surface area contributed by atoms with E-state index in [9.17, 15) is 4.79 Å². The van der Waals surface area contributed by atoms with E-state index in [0.717, 1.165) is 37.9 Å². The number of pyridine rings is 1. The molecule has 0 bridgehead atoms. The zero-order valence-electron chi connectivity index (χ0n) is 10.9. The van der Waals surface area contributed by atoms with Crippen molar-refractivity contribution in [3.63, 3.8) is 0 Å². The topological polar surface area (TPSA) is 33.2 Å². The normalized spacial score (nSPS) is 19.3. The molecule has 0 N–H and O–H groups in total. The summed E-state index contributed by atoms with van der Waals surface area (Å²) in [6.45, 7) is 5.04. The van der Waals surface area contributed by atoms with E-state index >= 15 is 0 Å². The monoisotopic (exact) mass is 266 g/mol. The fourth-order valence-electron chi connectivity index (χ4n) is 2.46. The van der Waals surface area contributed by atoms with Crippen molar-refractivity contribution in [2.45, 2.75) is 45.6 Å². The van der Waals surface area contributed by atoms with Gasteiger partial charge in [-0.1, -0.05) is 24.9 Å². The predicted molar refractivity (Wildman–Crippen MR) is 73.0 cm³/mol. The van der Waals surface area contributed by atoms with Crippen molar-refractivity contribution < 1.29 is 4.79 Å². The standard InChI is InChI=1S/C14H19ClN2O/c1-3-5-12-8-11(9-13(15)16-12)14(18)17-7-4-6-10(17)2/h8-10H,3-7H2,1-2H3. The van der Waals surface area contributed by atoms with Crippen LogP contribution >= 0.6 is 11.6 Å². The zero-order valence-corrected chi connectivity index (χ0v) is 11.7. The number of aryl methyl sites for hydroxylation is 1. The van der Waals surface area contributed by atoms with E-state index in [-0.39, 0.29) is 5.91 Å². The molecular formula is C14H19ClN2O. The lowest BCUT2D eigenvalue weighted by Gasteiger charge is -2.21. The molecule has 1 aromatic heterocycles. The highest BCUT2D eigenvalue weighted by molar-refractivity contribution is 6.29. The Morgan fingerprint density at radius 1 is 1.56 bits per heavy atom. The Kier molecular flexibility index (Phi) is 4.23. The number of hydrogen-bond donors (Lipinski definition) is 0. The first kappa shape index (κ1) is 13.3. The van der Waals surface area contributed by atoms with E-state index in [1.165, 1.54) is 0 Å². The zero-order chi connectivity index (χ0) is 13.1. The third-order valence-electron chi connectivity index (χ3n) is 3.41. The lowest BCUT2D eigenvalue weighted by Crippen LogP contribution is -2.33. The van der Waals surface area contributed by atoms with Crippen molar-refractivity contribution in [3.8, 4) is 0 Å². The van der Waals surface area contributed by atoms with Crippen molar-refractivity contribution in [2.24, 2.45) is 0 Å². The molecule has 1 amide bonds. The number of rotatable bonds is 3. The molecule has 0 saturated carbocycles. The summed E-state index contributed by atoms with van der Waals surface area (Å²) in [6.07, 6.45) is 4.04. The Bertz CT molecular complexity index is 447. The van der Waals surface area contributed by atoms with Crippen molar-refractivity contribution in [2.75, 3.05) is 6.54 Å². The molecule has 1 saturated heterocycles. The maximum Gasteiger partial charge on any atom is 0.254 e. The Morgan fingerprint density at radius 2 is 2.33 bits per heavy atom. The minimum absolute atomic E-state index is 0.0849. The van der Waals surface area contributed by atoms with Gasteiger partial charge in [-0.05, 0) is 38.3 Å². The van der Waals surface area contributed by atoms with E-state index < -0.39 is 0 Å². The number of likely N-dealkylation sites (tertiary alicyclic amines) is 1. The number of aromatic nitrogens is 1. The number of halogens is 1. The molecule has 2 rings (SSSR count). The van der Waals surface area contributed by atoms with Crippen LogP contribution in [-0.4, -0.2) is 28.4 Å². The van der Waals surface area contributed by atoms with Crippen LogP contribution in [0.4, 0.5) is 0 Å². The van der Waals surface area contributed by atoms with Crippen LogP contribution in [0, 0.1) is 0 Å². The summed E-state index contributed by atoms with van der Waals surface area (Å²) < 4.78 is 0. The van der Waals surface area contributed by atoms with E-state index in [2.05, 4.69) is 18.8 Å². The molecule has 18 heavy (non-hydrogen) atoms. The minimum Gasteiger partial charge on any atom is -0.336 e. The summed E-state index contributed by atoms with van der Waals surface area (Å²) in [5.41, 5.74) is 1.58. The molecule has 0 aromatic carbocycles. The molecule has 1 unspecified atom stereocenters. The summed E-state index contributed by atoms with van der Waals surface area (Å²) in [5.74, 6) is 0.0849. The first-order chi connectivity index (χ1) is 8.61. The van der Waals surface area contributed by atoms with E-state index in [1.54, 1.807) is 6.07 Å². The molecule has 4 heteroatoms. The highest BCUT2D eigenvalue weighted by Crippen LogP contribution is 2.21. The number of hydrogen-bond acceptors (Lipinski definition) is 2. The van der Waals surface area contributed by atoms with Gasteiger partial charge in [0.25, 0.3) is 5.91 Å². The predicted octanol–water partition coefficient (Wildman–Crippen LogP) is 3.31. The summed E-state index contributed by atoms with van der Waals surface area (Å²) in [6, 6.07) is 3.88. The van der Waals surface area contributed by atoms with Gasteiger partial charge in [0, 0.05) is 23.8 Å². The molecule has 1 aliphatic heterocycles.